The fraction of sp³-hybridized carbons (Fsp3) is 0.300. The second-order valence-corrected chi connectivity index (χ2v) is 7.24. The molecule has 0 spiro atoms. The molecule has 4 heteroatoms. The van der Waals surface area contributed by atoms with Crippen LogP contribution >= 0.6 is 11.9 Å². The van der Waals surface area contributed by atoms with Gasteiger partial charge in [0.1, 0.15) is 0 Å². The highest BCUT2D eigenvalue weighted by atomic mass is 32.2. The quantitative estimate of drug-likeness (QED) is 0.587. The van der Waals surface area contributed by atoms with Gasteiger partial charge in [0.05, 0.1) is 6.61 Å². The molecule has 2 aromatic carbocycles. The van der Waals surface area contributed by atoms with Crippen LogP contribution in [-0.4, -0.2) is 22.7 Å². The third kappa shape index (κ3) is 3.66. The van der Waals surface area contributed by atoms with Crippen LogP contribution in [-0.2, 0) is 6.42 Å². The summed E-state index contributed by atoms with van der Waals surface area (Å²) < 4.78 is 3.44. The second-order valence-electron chi connectivity index (χ2n) is 6.39. The third-order valence-electron chi connectivity index (χ3n) is 4.29. The molecule has 126 valence electrons. The molecule has 3 aromatic rings. The van der Waals surface area contributed by atoms with Gasteiger partial charge in [-0.3, -0.25) is 4.72 Å². The Balaban J connectivity index is 1.72. The zero-order chi connectivity index (χ0) is 17.1. The molecule has 0 aliphatic carbocycles. The van der Waals surface area contributed by atoms with E-state index in [1.165, 1.54) is 32.5 Å². The molecule has 3 N–H and O–H groups in total. The first kappa shape index (κ1) is 17.1. The molecule has 1 aromatic heterocycles. The molecule has 3 rings (SSSR count). The maximum Gasteiger partial charge on any atom is 0.0596 e. The molecule has 0 amide bonds. The number of aliphatic hydroxyl groups is 1. The van der Waals surface area contributed by atoms with Gasteiger partial charge in [0.2, 0.25) is 0 Å². The fourth-order valence-corrected chi connectivity index (χ4v) is 4.06. The van der Waals surface area contributed by atoms with Crippen molar-refractivity contribution < 1.29 is 5.11 Å². The topological polar surface area (TPSA) is 48.0 Å². The number of fused-ring (bicyclic) bond motifs is 1. The normalized spacial score (nSPS) is 12.7. The number of hydrogen-bond acceptors (Lipinski definition) is 3. The average Bonchev–Trinajstić information content (AvgIpc) is 2.96. The second kappa shape index (κ2) is 7.43. The van der Waals surface area contributed by atoms with Gasteiger partial charge >= 0.3 is 0 Å². The summed E-state index contributed by atoms with van der Waals surface area (Å²) in [6.45, 7) is 6.50. The van der Waals surface area contributed by atoms with E-state index in [2.05, 4.69) is 60.8 Å². The zero-order valence-electron chi connectivity index (χ0n) is 14.4. The Hall–Kier alpha value is -1.75. The molecule has 1 heterocycles. The first-order chi connectivity index (χ1) is 11.6. The van der Waals surface area contributed by atoms with Gasteiger partial charge in [0, 0.05) is 28.0 Å². The van der Waals surface area contributed by atoms with Crippen LogP contribution in [0.5, 0.6) is 0 Å². The van der Waals surface area contributed by atoms with Crippen molar-refractivity contribution in [1.29, 1.82) is 0 Å². The lowest BCUT2D eigenvalue weighted by molar-refractivity contribution is 0.258. The number of H-pyrrole nitrogens is 1. The molecule has 24 heavy (non-hydrogen) atoms. The van der Waals surface area contributed by atoms with E-state index in [1.54, 1.807) is 11.9 Å². The first-order valence-corrected chi connectivity index (χ1v) is 9.06. The first-order valence-electron chi connectivity index (χ1n) is 8.24. The smallest absolute Gasteiger partial charge is 0.0596 e. The molecular formula is C20H24N2OS. The fourth-order valence-electron chi connectivity index (χ4n) is 3.18. The molecule has 0 saturated heterocycles. The maximum atomic E-state index is 9.77. The predicted molar refractivity (Wildman–Crippen MR) is 103 cm³/mol. The molecule has 1 atom stereocenters. The van der Waals surface area contributed by atoms with E-state index in [4.69, 9.17) is 0 Å². The summed E-state index contributed by atoms with van der Waals surface area (Å²) >= 11 is 1.62. The van der Waals surface area contributed by atoms with Gasteiger partial charge in [0.15, 0.2) is 0 Å². The number of rotatable bonds is 6. The van der Waals surface area contributed by atoms with Gasteiger partial charge in [-0.2, -0.15) is 0 Å². The molecule has 0 radical (unpaired) electrons. The largest absolute Gasteiger partial charge is 0.395 e. The van der Waals surface area contributed by atoms with Crippen molar-refractivity contribution >= 4 is 22.9 Å². The number of nitrogens with one attached hydrogen (secondary N) is 2. The van der Waals surface area contributed by atoms with Gasteiger partial charge in [0.25, 0.3) is 0 Å². The van der Waals surface area contributed by atoms with Crippen LogP contribution in [0.1, 0.15) is 22.3 Å². The SMILES string of the molecule is Cc1cc(C)c(SNC(CO)Cc2c[nH]c3ccccc23)c(C)c1. The van der Waals surface area contributed by atoms with Crippen LogP contribution in [0, 0.1) is 20.8 Å². The number of aryl methyl sites for hydroxylation is 3. The number of para-hydroxylation sites is 1. The van der Waals surface area contributed by atoms with Crippen molar-refractivity contribution in [3.63, 3.8) is 0 Å². The lowest BCUT2D eigenvalue weighted by atomic mass is 10.1. The number of hydrogen-bond donors (Lipinski definition) is 3. The van der Waals surface area contributed by atoms with E-state index in [0.29, 0.717) is 0 Å². The van der Waals surface area contributed by atoms with E-state index in [-0.39, 0.29) is 12.6 Å². The molecule has 0 aliphatic rings. The Morgan fingerprint density at radius 2 is 1.83 bits per heavy atom. The molecule has 0 fully saturated rings. The summed E-state index contributed by atoms with van der Waals surface area (Å²) in [6, 6.07) is 12.7. The van der Waals surface area contributed by atoms with Crippen LogP contribution in [0.4, 0.5) is 0 Å². The van der Waals surface area contributed by atoms with Crippen LogP contribution in [0.25, 0.3) is 10.9 Å². The van der Waals surface area contributed by atoms with Crippen molar-refractivity contribution in [1.82, 2.24) is 9.71 Å². The summed E-state index contributed by atoms with van der Waals surface area (Å²) in [5.41, 5.74) is 6.20. The van der Waals surface area contributed by atoms with Crippen molar-refractivity contribution in [2.24, 2.45) is 0 Å². The minimum Gasteiger partial charge on any atom is -0.395 e. The van der Waals surface area contributed by atoms with E-state index in [1.807, 2.05) is 12.3 Å². The van der Waals surface area contributed by atoms with E-state index in [9.17, 15) is 5.11 Å². The molecular weight excluding hydrogens is 316 g/mol. The highest BCUT2D eigenvalue weighted by Crippen LogP contribution is 2.26. The van der Waals surface area contributed by atoms with Gasteiger partial charge in [-0.1, -0.05) is 35.9 Å². The average molecular weight is 340 g/mol. The minimum absolute atomic E-state index is 0.00862. The van der Waals surface area contributed by atoms with E-state index >= 15 is 0 Å². The lowest BCUT2D eigenvalue weighted by Crippen LogP contribution is -2.29. The van der Waals surface area contributed by atoms with Crippen molar-refractivity contribution in [2.75, 3.05) is 6.61 Å². The molecule has 0 saturated carbocycles. The summed E-state index contributed by atoms with van der Waals surface area (Å²) in [6.07, 6.45) is 2.83. The van der Waals surface area contributed by atoms with E-state index in [0.717, 1.165) is 11.9 Å². The highest BCUT2D eigenvalue weighted by Gasteiger charge is 2.13. The van der Waals surface area contributed by atoms with E-state index < -0.39 is 0 Å². The summed E-state index contributed by atoms with van der Waals surface area (Å²) in [7, 11) is 0. The Labute approximate surface area is 147 Å². The number of benzene rings is 2. The Morgan fingerprint density at radius 3 is 2.54 bits per heavy atom. The zero-order valence-corrected chi connectivity index (χ0v) is 15.2. The predicted octanol–water partition coefficient (Wildman–Crippen LogP) is 4.29. The summed E-state index contributed by atoms with van der Waals surface area (Å²) in [4.78, 5) is 4.55. The minimum atomic E-state index is 0.00862. The maximum absolute atomic E-state index is 9.77. The Bertz CT molecular complexity index is 818. The Morgan fingerprint density at radius 1 is 1.12 bits per heavy atom. The number of aliphatic hydroxyl groups excluding tert-OH is 1. The summed E-state index contributed by atoms with van der Waals surface area (Å²) in [5, 5.41) is 11.0. The van der Waals surface area contributed by atoms with Crippen LogP contribution in [0.3, 0.4) is 0 Å². The molecule has 1 unspecified atom stereocenters. The monoisotopic (exact) mass is 340 g/mol. The van der Waals surface area contributed by atoms with Gasteiger partial charge in [-0.25, -0.2) is 0 Å². The summed E-state index contributed by atoms with van der Waals surface area (Å²) in [5.74, 6) is 0. The van der Waals surface area contributed by atoms with Crippen molar-refractivity contribution in [2.45, 2.75) is 38.1 Å². The Kier molecular flexibility index (Phi) is 5.29. The third-order valence-corrected chi connectivity index (χ3v) is 5.59. The number of aromatic nitrogens is 1. The van der Waals surface area contributed by atoms with Crippen molar-refractivity contribution in [3.05, 3.63) is 64.8 Å². The lowest BCUT2D eigenvalue weighted by Gasteiger charge is -2.17. The highest BCUT2D eigenvalue weighted by molar-refractivity contribution is 7.97. The molecule has 0 bridgehead atoms. The molecule has 0 aliphatic heterocycles. The van der Waals surface area contributed by atoms with Gasteiger partial charge < -0.3 is 10.1 Å². The number of aromatic amines is 1. The van der Waals surface area contributed by atoms with Crippen LogP contribution in [0.2, 0.25) is 0 Å². The molecule has 3 nitrogen and oxygen atoms in total. The van der Waals surface area contributed by atoms with Gasteiger partial charge in [-0.15, -0.1) is 0 Å². The van der Waals surface area contributed by atoms with Crippen LogP contribution in [0.15, 0.2) is 47.5 Å². The van der Waals surface area contributed by atoms with Crippen LogP contribution < -0.4 is 4.72 Å². The van der Waals surface area contributed by atoms with Crippen molar-refractivity contribution in [3.8, 4) is 0 Å². The van der Waals surface area contributed by atoms with Gasteiger partial charge in [-0.05, 0) is 61.9 Å². The standard InChI is InChI=1S/C20H24N2OS/c1-13-8-14(2)20(15(3)9-13)24-22-17(12-23)10-16-11-21-19-7-5-4-6-18(16)19/h4-9,11,17,21-23H,10,12H2,1-3H3.